The van der Waals surface area contributed by atoms with Crippen LogP contribution in [0.1, 0.15) is 238 Å². The van der Waals surface area contributed by atoms with Gasteiger partial charge in [0.15, 0.2) is 35.3 Å². The number of likely N-dealkylation sites (N-methyl/N-ethyl adjacent to an activating group) is 2. The van der Waals surface area contributed by atoms with E-state index in [4.69, 9.17) is 73.3 Å². The van der Waals surface area contributed by atoms with Crippen LogP contribution < -0.4 is 0 Å². The van der Waals surface area contributed by atoms with E-state index in [-0.39, 0.29) is 67.0 Å². The Labute approximate surface area is 654 Å². The van der Waals surface area contributed by atoms with E-state index in [9.17, 15) is 28.8 Å². The van der Waals surface area contributed by atoms with Crippen molar-refractivity contribution in [3.8, 4) is 24.2 Å². The highest BCUT2D eigenvalue weighted by Crippen LogP contribution is 2.54. The number of methoxy groups -OCH3 is 2. The van der Waals surface area contributed by atoms with Gasteiger partial charge in [0.2, 0.25) is 0 Å². The van der Waals surface area contributed by atoms with Gasteiger partial charge in [-0.15, -0.1) is 12.3 Å². The number of Topliss-reactive ketones (excluding diaryl/α,β-unsaturated/α-hetero) is 2. The molecule has 6 fully saturated rings. The quantitative estimate of drug-likeness (QED) is 0.0639. The van der Waals surface area contributed by atoms with Gasteiger partial charge in [-0.25, -0.2) is 9.59 Å². The van der Waals surface area contributed by atoms with Crippen molar-refractivity contribution in [2.75, 3.05) is 55.6 Å². The summed E-state index contributed by atoms with van der Waals surface area (Å²) < 4.78 is 78.1. The van der Waals surface area contributed by atoms with E-state index >= 15 is 0 Å². The van der Waals surface area contributed by atoms with Crippen molar-refractivity contribution in [3.05, 3.63) is 0 Å². The van der Waals surface area contributed by atoms with Gasteiger partial charge in [0.05, 0.1) is 69.9 Å². The number of esters is 2. The third-order valence-electron chi connectivity index (χ3n) is 26.8. The molecule has 618 valence electrons. The molecular formula is C85H140N6O18. The number of ketones is 2. The molecule has 8 aliphatic rings. The van der Waals surface area contributed by atoms with Crippen molar-refractivity contribution < 1.29 is 85.6 Å². The summed E-state index contributed by atoms with van der Waals surface area (Å²) in [6.45, 7) is 52.0. The molecule has 24 nitrogen and oxygen atoms in total. The van der Waals surface area contributed by atoms with Gasteiger partial charge in [-0.2, -0.15) is 0 Å². The average Bonchev–Trinajstić information content (AvgIpc) is 1.56. The molecule has 0 saturated carbocycles. The molecule has 8 aliphatic heterocycles. The smallest absolute Gasteiger partial charge is 0.411 e. The minimum absolute atomic E-state index is 0.0259. The fourth-order valence-corrected chi connectivity index (χ4v) is 19.3. The van der Waals surface area contributed by atoms with Crippen molar-refractivity contribution in [3.63, 3.8) is 0 Å². The van der Waals surface area contributed by atoms with Crippen LogP contribution in [-0.2, 0) is 76.0 Å². The fraction of sp³-hybridized carbons (Fsp3) is 0.859. The summed E-state index contributed by atoms with van der Waals surface area (Å²) in [7, 11) is 11.3. The third-order valence-corrected chi connectivity index (χ3v) is 26.8. The van der Waals surface area contributed by atoms with Gasteiger partial charge in [0.25, 0.3) is 0 Å². The number of hydrogen-bond acceptors (Lipinski definition) is 22. The summed E-state index contributed by atoms with van der Waals surface area (Å²) >= 11 is 0. The maximum absolute atomic E-state index is 15.0. The van der Waals surface area contributed by atoms with Crippen molar-refractivity contribution in [1.29, 1.82) is 0 Å². The topological polar surface area (TPSA) is 251 Å². The van der Waals surface area contributed by atoms with E-state index in [0.29, 0.717) is 25.7 Å². The number of aliphatic imine (C=N–C) groups is 2. The molecule has 6 saturated heterocycles. The number of cyclic esters (lactones) is 2. The highest BCUT2D eigenvalue weighted by molar-refractivity contribution is 6.05. The highest BCUT2D eigenvalue weighted by atomic mass is 16.7. The number of terminal acetylenes is 1. The van der Waals surface area contributed by atoms with Gasteiger partial charge in [-0.3, -0.25) is 39.0 Å². The summed E-state index contributed by atoms with van der Waals surface area (Å²) in [6, 6.07) is -1.16. The summed E-state index contributed by atoms with van der Waals surface area (Å²) in [4.78, 5) is 106. The number of fused-ring (bicyclic) bond motifs is 2. The SMILES string of the molecule is C#CCO[C@@]1(C)C[C@@H](C)C2=NC(C)(C)C(C)(C)N3C(=O)O[C@](C)([C@@H](CC)OC(=O)C(C)(C)C(=O)[C@H](C)[C@H]1O[C@@H]1O[C@H](C)C[C@H](N(C)C)[C@H]1OC)[C@H]3[C@H]2C.CCCC#CCO[C@@]1(C)C[C@@H](C)C2=NC(C)(C)C(C)(C)N3C(=O)O[C@](C)([C@@H](CC)OC(=O)C(C)(C)C(=O)[C@H](C)[C@H]1O[C@@H]1O[C@H](C)C[C@H](N(C)C)[C@H]1OC)[C@H]3[C@H]2C. The van der Waals surface area contributed by atoms with Gasteiger partial charge in [0, 0.05) is 67.8 Å². The predicted molar refractivity (Wildman–Crippen MR) is 419 cm³/mol. The number of unbranched alkanes of at least 4 members (excludes halogenated alkanes) is 1. The van der Waals surface area contributed by atoms with E-state index in [1.807, 2.05) is 144 Å². The molecule has 0 N–H and O–H groups in total. The molecule has 8 rings (SSSR count). The zero-order chi connectivity index (χ0) is 82.6. The van der Waals surface area contributed by atoms with Crippen LogP contribution in [0.5, 0.6) is 0 Å². The van der Waals surface area contributed by atoms with Gasteiger partial charge in [0.1, 0.15) is 48.5 Å². The van der Waals surface area contributed by atoms with Crippen LogP contribution in [0.15, 0.2) is 9.98 Å². The standard InChI is InChI=1S/C44H73N3O9.C41H67N3O9/c1-18-20-21-22-23-52-43(13)25-26(3)32-28(5)34-44(14,56-39(50)47(34)42(11,12)41(9,10)45-32)31(19-2)54-38(49)40(7,8)35(48)29(6)36(43)55-37-33(51-17)30(46(15)16)24-27(4)53-37;1-18-20-49-40(13)22-23(3)29-25(5)31-41(14,53-36(47)44(31)39(11,12)38(9,10)42-29)28(19-2)51-35(46)37(7,8)32(45)26(6)33(40)52-34-30(48-17)27(43(15)16)21-24(4)50-34/h26-31,33-34,36-37H,18-20,23-25H2,1-17H3;1,23-28,30-31,33-34H,19-22H2,2-17H3/t26-,27-,28+,29+,30+,31-,33-,34-,36-,37+,43+,44-;23-,24-,25+,26+,27+,28-,30-,31-,33-,34+,40+,41-/m11/s1. The van der Waals surface area contributed by atoms with Crippen LogP contribution in [0.3, 0.4) is 0 Å². The first kappa shape index (κ1) is 91.1. The molecule has 109 heavy (non-hydrogen) atoms. The van der Waals surface area contributed by atoms with E-state index in [2.05, 4.69) is 62.2 Å². The van der Waals surface area contributed by atoms with Crippen LogP contribution in [0, 0.1) is 70.5 Å². The van der Waals surface area contributed by atoms with Gasteiger partial charge in [-0.1, -0.05) is 74.2 Å². The maximum atomic E-state index is 15.0. The van der Waals surface area contributed by atoms with Crippen molar-refractivity contribution >= 4 is 47.1 Å². The Morgan fingerprint density at radius 3 is 1.17 bits per heavy atom. The molecule has 0 radical (unpaired) electrons. The normalized spacial score (nSPS) is 40.6. The summed E-state index contributed by atoms with van der Waals surface area (Å²) in [5, 5.41) is 0. The molecule has 0 spiro atoms. The molecular weight excluding hydrogens is 1390 g/mol. The lowest BCUT2D eigenvalue weighted by Gasteiger charge is -2.49. The van der Waals surface area contributed by atoms with Crippen LogP contribution in [-0.4, -0.2) is 252 Å². The number of nitrogens with zero attached hydrogens (tertiary/aromatic N) is 6. The molecule has 0 aromatic rings. The van der Waals surface area contributed by atoms with E-state index in [1.54, 1.807) is 60.7 Å². The lowest BCUT2D eigenvalue weighted by atomic mass is 9.71. The Morgan fingerprint density at radius 1 is 0.514 bits per heavy atom. The molecule has 0 unspecified atom stereocenters. The molecule has 24 heteroatoms. The number of amides is 2. The molecule has 0 aliphatic carbocycles. The first-order chi connectivity index (χ1) is 50.2. The number of ether oxygens (including phenoxy) is 12. The summed E-state index contributed by atoms with van der Waals surface area (Å²) in [5.41, 5.74) is -9.46. The lowest BCUT2D eigenvalue weighted by molar-refractivity contribution is -0.300. The Hall–Kier alpha value is -5.12. The predicted octanol–water partition coefficient (Wildman–Crippen LogP) is 12.5. The summed E-state index contributed by atoms with van der Waals surface area (Å²) in [5.74, 6) is 3.88. The fourth-order valence-electron chi connectivity index (χ4n) is 19.3. The number of hydrogen-bond donors (Lipinski definition) is 0. The molecule has 0 aromatic heterocycles. The van der Waals surface area contributed by atoms with Crippen LogP contribution in [0.2, 0.25) is 0 Å². The average molecular weight is 1530 g/mol. The van der Waals surface area contributed by atoms with Gasteiger partial charge >= 0.3 is 24.1 Å². The second-order valence-corrected chi connectivity index (χ2v) is 37.2. The summed E-state index contributed by atoms with van der Waals surface area (Å²) in [6.07, 6.45) is 2.76. The second-order valence-electron chi connectivity index (χ2n) is 37.2. The monoisotopic (exact) mass is 1530 g/mol. The van der Waals surface area contributed by atoms with Gasteiger partial charge < -0.3 is 66.6 Å². The molecule has 8 heterocycles. The first-order valence-electron chi connectivity index (χ1n) is 40.1. The third kappa shape index (κ3) is 17.0. The first-order valence-corrected chi connectivity index (χ1v) is 40.1. The molecule has 2 amide bonds. The lowest BCUT2D eigenvalue weighted by Crippen LogP contribution is -2.64. The maximum Gasteiger partial charge on any atom is 0.411 e. The zero-order valence-corrected chi connectivity index (χ0v) is 72.7. The van der Waals surface area contributed by atoms with E-state index < -0.39 is 158 Å². The highest BCUT2D eigenvalue weighted by Gasteiger charge is 2.69. The number of carbonyl (C=O) groups excluding carboxylic acids is 6. The Bertz CT molecular complexity index is 3460. The Balaban J connectivity index is 0.000000304. The minimum Gasteiger partial charge on any atom is -0.457 e. The Morgan fingerprint density at radius 2 is 0.862 bits per heavy atom. The van der Waals surface area contributed by atoms with Crippen molar-refractivity contribution in [2.45, 2.75) is 368 Å². The number of carbonyl (C=O) groups is 6. The largest absolute Gasteiger partial charge is 0.457 e. The number of rotatable bonds is 15. The Kier molecular flexibility index (Phi) is 28.2. The molecule has 24 atom stereocenters. The van der Waals surface area contributed by atoms with E-state index in [0.717, 1.165) is 37.1 Å². The zero-order valence-electron chi connectivity index (χ0n) is 72.7. The van der Waals surface area contributed by atoms with E-state index in [1.165, 1.54) is 0 Å². The molecule has 0 aromatic carbocycles. The molecule has 4 bridgehead atoms. The van der Waals surface area contributed by atoms with Crippen molar-refractivity contribution in [2.24, 2.45) is 56.3 Å². The minimum atomic E-state index is -1.62. The van der Waals surface area contributed by atoms with Crippen LogP contribution in [0.25, 0.3) is 0 Å². The van der Waals surface area contributed by atoms with Gasteiger partial charge in [-0.05, 0) is 210 Å². The van der Waals surface area contributed by atoms with Crippen LogP contribution in [0.4, 0.5) is 9.59 Å². The second kappa shape index (κ2) is 33.7. The van der Waals surface area contributed by atoms with Crippen molar-refractivity contribution in [1.82, 2.24) is 19.6 Å². The van der Waals surface area contributed by atoms with Crippen LogP contribution >= 0.6 is 0 Å².